The number of fused-ring (bicyclic) bond motifs is 2. The van der Waals surface area contributed by atoms with E-state index in [1.165, 1.54) is 26.2 Å². The third-order valence-corrected chi connectivity index (χ3v) is 3.25. The number of rotatable bonds is 2. The Hall–Kier alpha value is -0.500. The van der Waals surface area contributed by atoms with Crippen molar-refractivity contribution in [1.82, 2.24) is 0 Å². The van der Waals surface area contributed by atoms with Crippen LogP contribution in [0.15, 0.2) is 11.6 Å². The molecule has 1 saturated carbocycles. The van der Waals surface area contributed by atoms with Gasteiger partial charge in [-0.05, 0) is 36.7 Å². The molecule has 72 valence electrons. The fourth-order valence-electron chi connectivity index (χ4n) is 2.35. The number of esters is 1. The highest BCUT2D eigenvalue weighted by Crippen LogP contribution is 2.45. The molecule has 0 saturated heterocycles. The number of carbonyl (C=O) groups excluding carboxylic acids is 1. The average molecular weight is 201 g/mol. The summed E-state index contributed by atoms with van der Waals surface area (Å²) in [4.78, 5) is 10.7. The molecule has 0 aromatic rings. The van der Waals surface area contributed by atoms with Gasteiger partial charge in [0.2, 0.25) is 0 Å². The first kappa shape index (κ1) is 9.07. The van der Waals surface area contributed by atoms with Crippen LogP contribution in [0.5, 0.6) is 0 Å². The lowest BCUT2D eigenvalue weighted by Crippen LogP contribution is -2.16. The van der Waals surface area contributed by atoms with Gasteiger partial charge in [0, 0.05) is 6.92 Å². The van der Waals surface area contributed by atoms with Crippen LogP contribution in [0.3, 0.4) is 0 Å². The number of alkyl halides is 1. The van der Waals surface area contributed by atoms with Crippen LogP contribution < -0.4 is 0 Å². The molecule has 2 aliphatic rings. The van der Waals surface area contributed by atoms with Crippen LogP contribution in [-0.2, 0) is 9.53 Å². The summed E-state index contributed by atoms with van der Waals surface area (Å²) in [6.45, 7) is 1.39. The van der Waals surface area contributed by atoms with E-state index in [0.717, 1.165) is 5.57 Å². The lowest BCUT2D eigenvalue weighted by molar-refractivity contribution is -0.141. The summed E-state index contributed by atoms with van der Waals surface area (Å²) in [5.74, 6) is 0.965. The van der Waals surface area contributed by atoms with Crippen molar-refractivity contribution >= 4 is 17.6 Å². The van der Waals surface area contributed by atoms with Crippen LogP contribution in [0.1, 0.15) is 26.2 Å². The Morgan fingerprint density at radius 2 is 2.46 bits per heavy atom. The standard InChI is InChI=1S/C10H13ClO2/c1-6(12)13-10(11)9-5-7-2-3-8(9)4-7/h5,7-8,10H,2-4H2,1H3. The van der Waals surface area contributed by atoms with Gasteiger partial charge < -0.3 is 4.74 Å². The molecule has 3 heteroatoms. The van der Waals surface area contributed by atoms with Crippen molar-refractivity contribution in [2.24, 2.45) is 11.8 Å². The van der Waals surface area contributed by atoms with Gasteiger partial charge in [-0.1, -0.05) is 17.7 Å². The molecule has 0 N–H and O–H groups in total. The minimum Gasteiger partial charge on any atom is -0.442 e. The Labute approximate surface area is 82.9 Å². The third-order valence-electron chi connectivity index (χ3n) is 2.90. The van der Waals surface area contributed by atoms with Gasteiger partial charge in [-0.3, -0.25) is 4.79 Å². The van der Waals surface area contributed by atoms with Crippen LogP contribution in [0.2, 0.25) is 0 Å². The summed E-state index contributed by atoms with van der Waals surface area (Å²) in [6, 6.07) is 0. The highest BCUT2D eigenvalue weighted by Gasteiger charge is 2.36. The minimum atomic E-state index is -0.521. The number of carbonyl (C=O) groups is 1. The molecule has 3 unspecified atom stereocenters. The molecule has 2 rings (SSSR count). The van der Waals surface area contributed by atoms with E-state index in [-0.39, 0.29) is 5.97 Å². The molecule has 2 nitrogen and oxygen atoms in total. The molecule has 1 fully saturated rings. The summed E-state index contributed by atoms with van der Waals surface area (Å²) in [5, 5.41) is 0. The lowest BCUT2D eigenvalue weighted by atomic mass is 9.99. The molecule has 3 atom stereocenters. The topological polar surface area (TPSA) is 26.3 Å². The van der Waals surface area contributed by atoms with Gasteiger partial charge >= 0.3 is 5.97 Å². The van der Waals surface area contributed by atoms with Crippen LogP contribution in [0, 0.1) is 11.8 Å². The maximum absolute atomic E-state index is 10.7. The van der Waals surface area contributed by atoms with Gasteiger partial charge in [-0.15, -0.1) is 0 Å². The monoisotopic (exact) mass is 200 g/mol. The van der Waals surface area contributed by atoms with Crippen molar-refractivity contribution in [3.05, 3.63) is 11.6 Å². The van der Waals surface area contributed by atoms with Crippen LogP contribution in [0.4, 0.5) is 0 Å². The van der Waals surface area contributed by atoms with E-state index in [4.69, 9.17) is 16.3 Å². The largest absolute Gasteiger partial charge is 0.442 e. The normalized spacial score (nSPS) is 32.9. The van der Waals surface area contributed by atoms with Gasteiger partial charge in [0.05, 0.1) is 0 Å². The molecular weight excluding hydrogens is 188 g/mol. The molecular formula is C10H13ClO2. The predicted molar refractivity (Wildman–Crippen MR) is 50.3 cm³/mol. The smallest absolute Gasteiger partial charge is 0.304 e. The summed E-state index contributed by atoms with van der Waals surface area (Å²) in [6.07, 6.45) is 5.88. The predicted octanol–water partition coefficient (Wildman–Crippen LogP) is 2.47. The van der Waals surface area contributed by atoms with Crippen molar-refractivity contribution in [3.8, 4) is 0 Å². The first-order valence-electron chi connectivity index (χ1n) is 4.69. The van der Waals surface area contributed by atoms with Gasteiger partial charge in [0.1, 0.15) is 0 Å². The van der Waals surface area contributed by atoms with Crippen LogP contribution >= 0.6 is 11.6 Å². The Kier molecular flexibility index (Phi) is 2.33. The second kappa shape index (κ2) is 3.33. The minimum absolute atomic E-state index is 0.302. The molecule has 0 radical (unpaired) electrons. The molecule has 0 heterocycles. The second-order valence-electron chi connectivity index (χ2n) is 3.86. The number of ether oxygens (including phenoxy) is 1. The third kappa shape index (κ3) is 1.73. The van der Waals surface area contributed by atoms with E-state index >= 15 is 0 Å². The summed E-state index contributed by atoms with van der Waals surface area (Å²) >= 11 is 5.96. The number of hydrogen-bond acceptors (Lipinski definition) is 2. The molecule has 0 amide bonds. The molecule has 2 bridgehead atoms. The summed E-state index contributed by atoms with van der Waals surface area (Å²) < 4.78 is 4.94. The van der Waals surface area contributed by atoms with E-state index in [9.17, 15) is 4.79 Å². The van der Waals surface area contributed by atoms with Crippen LogP contribution in [0.25, 0.3) is 0 Å². The number of hydrogen-bond donors (Lipinski definition) is 0. The van der Waals surface area contributed by atoms with Gasteiger partial charge in [0.25, 0.3) is 0 Å². The highest BCUT2D eigenvalue weighted by atomic mass is 35.5. The average Bonchev–Trinajstić information content (AvgIpc) is 2.62. The van der Waals surface area contributed by atoms with Crippen molar-refractivity contribution < 1.29 is 9.53 Å². The van der Waals surface area contributed by atoms with Crippen molar-refractivity contribution in [2.45, 2.75) is 31.7 Å². The fourth-order valence-corrected chi connectivity index (χ4v) is 2.73. The molecule has 0 aromatic heterocycles. The number of halogens is 1. The van der Waals surface area contributed by atoms with Crippen molar-refractivity contribution in [2.75, 3.05) is 0 Å². The Morgan fingerprint density at radius 1 is 1.69 bits per heavy atom. The van der Waals surface area contributed by atoms with E-state index in [1.54, 1.807) is 0 Å². The zero-order valence-corrected chi connectivity index (χ0v) is 8.38. The molecule has 2 aliphatic carbocycles. The van der Waals surface area contributed by atoms with Crippen molar-refractivity contribution in [3.63, 3.8) is 0 Å². The van der Waals surface area contributed by atoms with Gasteiger partial charge in [-0.25, -0.2) is 0 Å². The molecule has 13 heavy (non-hydrogen) atoms. The van der Waals surface area contributed by atoms with Gasteiger partial charge in [-0.2, -0.15) is 0 Å². The highest BCUT2D eigenvalue weighted by molar-refractivity contribution is 6.22. The summed E-state index contributed by atoms with van der Waals surface area (Å²) in [7, 11) is 0. The maximum Gasteiger partial charge on any atom is 0.304 e. The molecule has 0 aliphatic heterocycles. The maximum atomic E-state index is 10.7. The quantitative estimate of drug-likeness (QED) is 0.389. The Bertz CT molecular complexity index is 260. The molecule has 0 aromatic carbocycles. The van der Waals surface area contributed by atoms with E-state index in [2.05, 4.69) is 6.08 Å². The molecule has 0 spiro atoms. The second-order valence-corrected chi connectivity index (χ2v) is 4.26. The van der Waals surface area contributed by atoms with E-state index in [1.807, 2.05) is 0 Å². The zero-order valence-electron chi connectivity index (χ0n) is 7.63. The first-order valence-corrected chi connectivity index (χ1v) is 5.13. The number of allylic oxidation sites excluding steroid dienone is 1. The zero-order chi connectivity index (χ0) is 9.42. The first-order chi connectivity index (χ1) is 6.16. The van der Waals surface area contributed by atoms with E-state index in [0.29, 0.717) is 11.8 Å². The van der Waals surface area contributed by atoms with E-state index < -0.39 is 5.56 Å². The van der Waals surface area contributed by atoms with Crippen molar-refractivity contribution in [1.29, 1.82) is 0 Å². The van der Waals surface area contributed by atoms with Crippen LogP contribution in [-0.4, -0.2) is 11.5 Å². The van der Waals surface area contributed by atoms with Gasteiger partial charge in [0.15, 0.2) is 5.56 Å². The lowest BCUT2D eigenvalue weighted by Gasteiger charge is -2.18. The fraction of sp³-hybridized carbons (Fsp3) is 0.700. The Balaban J connectivity index is 2.01. The SMILES string of the molecule is CC(=O)OC(Cl)C1=CC2CCC1C2. The summed E-state index contributed by atoms with van der Waals surface area (Å²) in [5.41, 5.74) is 0.612. The Morgan fingerprint density at radius 3 is 2.92 bits per heavy atom.